The molecule has 0 aromatic rings. The average Bonchev–Trinajstić information content (AvgIpc) is 2.91. The lowest BCUT2D eigenvalue weighted by Gasteiger charge is -2.33. The van der Waals surface area contributed by atoms with E-state index in [0.717, 1.165) is 25.7 Å². The van der Waals surface area contributed by atoms with E-state index in [1.165, 1.54) is 12.8 Å². The molecule has 88 valence electrons. The van der Waals surface area contributed by atoms with Gasteiger partial charge in [0, 0.05) is 31.7 Å². The van der Waals surface area contributed by atoms with Gasteiger partial charge in [0.25, 0.3) is 0 Å². The maximum atomic E-state index is 9.48. The van der Waals surface area contributed by atoms with Gasteiger partial charge in [-0.25, -0.2) is 0 Å². The molecule has 1 saturated heterocycles. The van der Waals surface area contributed by atoms with Crippen molar-refractivity contribution in [2.45, 2.75) is 38.8 Å². The van der Waals surface area contributed by atoms with Crippen molar-refractivity contribution >= 4 is 0 Å². The summed E-state index contributed by atoms with van der Waals surface area (Å²) >= 11 is 0. The second kappa shape index (κ2) is 4.04. The molecule has 1 heterocycles. The Balaban J connectivity index is 2.10. The van der Waals surface area contributed by atoms with E-state index >= 15 is 0 Å². The third-order valence-electron chi connectivity index (χ3n) is 3.53. The van der Waals surface area contributed by atoms with Crippen molar-refractivity contribution in [3.05, 3.63) is 0 Å². The van der Waals surface area contributed by atoms with E-state index in [-0.39, 0.29) is 0 Å². The topological polar surface area (TPSA) is 26.7 Å². The summed E-state index contributed by atoms with van der Waals surface area (Å²) in [5, 5.41) is 9.48. The van der Waals surface area contributed by atoms with Crippen LogP contribution in [0, 0.1) is 5.41 Å². The van der Waals surface area contributed by atoms with Crippen molar-refractivity contribution in [2.24, 2.45) is 5.41 Å². The van der Waals surface area contributed by atoms with Crippen LogP contribution in [0.15, 0.2) is 0 Å². The highest BCUT2D eigenvalue weighted by atomic mass is 16.3. The number of aliphatic hydroxyl groups excluding tert-OH is 1. The maximum absolute atomic E-state index is 9.48. The summed E-state index contributed by atoms with van der Waals surface area (Å²) in [5.41, 5.74) is 0.348. The molecule has 1 aliphatic carbocycles. The molecule has 3 heteroatoms. The Morgan fingerprint density at radius 1 is 1.27 bits per heavy atom. The fraction of sp³-hybridized carbons (Fsp3) is 1.00. The Morgan fingerprint density at radius 2 is 1.93 bits per heavy atom. The van der Waals surface area contributed by atoms with Crippen molar-refractivity contribution in [3.63, 3.8) is 0 Å². The van der Waals surface area contributed by atoms with Gasteiger partial charge in [-0.2, -0.15) is 0 Å². The molecule has 0 amide bonds. The van der Waals surface area contributed by atoms with Crippen LogP contribution in [0.1, 0.15) is 26.7 Å². The van der Waals surface area contributed by atoms with Gasteiger partial charge in [0.15, 0.2) is 0 Å². The van der Waals surface area contributed by atoms with Crippen LogP contribution in [0.25, 0.3) is 0 Å². The van der Waals surface area contributed by atoms with Crippen molar-refractivity contribution in [1.29, 1.82) is 0 Å². The lowest BCUT2D eigenvalue weighted by Crippen LogP contribution is -2.45. The summed E-state index contributed by atoms with van der Waals surface area (Å²) in [7, 11) is 2.17. The van der Waals surface area contributed by atoms with Crippen LogP contribution in [-0.2, 0) is 0 Å². The molecular formula is C12H24N2O. The summed E-state index contributed by atoms with van der Waals surface area (Å²) in [6.07, 6.45) is 2.66. The summed E-state index contributed by atoms with van der Waals surface area (Å²) in [6, 6.07) is 1.11. The molecule has 0 aromatic carbocycles. The van der Waals surface area contributed by atoms with E-state index in [1.54, 1.807) is 0 Å². The summed E-state index contributed by atoms with van der Waals surface area (Å²) < 4.78 is 0. The van der Waals surface area contributed by atoms with Crippen molar-refractivity contribution < 1.29 is 5.11 Å². The maximum Gasteiger partial charge on any atom is 0.0599 e. The quantitative estimate of drug-likeness (QED) is 0.733. The highest BCUT2D eigenvalue weighted by Crippen LogP contribution is 2.34. The molecule has 0 spiro atoms. The Kier molecular flexibility index (Phi) is 3.06. The van der Waals surface area contributed by atoms with E-state index in [2.05, 4.69) is 30.7 Å². The number of hydrogen-bond acceptors (Lipinski definition) is 3. The largest absolute Gasteiger partial charge is 0.395 e. The predicted octanol–water partition coefficient (Wildman–Crippen LogP) is 0.783. The minimum Gasteiger partial charge on any atom is -0.395 e. The first-order valence-electron chi connectivity index (χ1n) is 6.07. The minimum absolute atomic E-state index is 0.303. The Morgan fingerprint density at radius 3 is 2.47 bits per heavy atom. The normalized spacial score (nSPS) is 34.0. The summed E-state index contributed by atoms with van der Waals surface area (Å²) in [6.45, 7) is 8.24. The van der Waals surface area contributed by atoms with Crippen LogP contribution in [0.2, 0.25) is 0 Å². The number of likely N-dealkylation sites (N-methyl/N-ethyl adjacent to an activating group) is 1. The zero-order valence-corrected chi connectivity index (χ0v) is 10.2. The number of hydrogen-bond donors (Lipinski definition) is 1. The van der Waals surface area contributed by atoms with Gasteiger partial charge in [-0.15, -0.1) is 0 Å². The molecule has 15 heavy (non-hydrogen) atoms. The SMILES string of the molecule is CN1CC(CO)N(C2CC2)CC(C)(C)C1. The zero-order valence-electron chi connectivity index (χ0n) is 10.2. The van der Waals surface area contributed by atoms with Gasteiger partial charge in [0.2, 0.25) is 0 Å². The molecular weight excluding hydrogens is 188 g/mol. The van der Waals surface area contributed by atoms with E-state index in [9.17, 15) is 5.11 Å². The van der Waals surface area contributed by atoms with Crippen LogP contribution >= 0.6 is 0 Å². The Hall–Kier alpha value is -0.120. The second-order valence-corrected chi connectivity index (χ2v) is 6.10. The fourth-order valence-corrected chi connectivity index (χ4v) is 2.93. The number of aliphatic hydroxyl groups is 1. The van der Waals surface area contributed by atoms with Gasteiger partial charge in [0.05, 0.1) is 6.61 Å². The van der Waals surface area contributed by atoms with Crippen molar-refractivity contribution in [3.8, 4) is 0 Å². The molecule has 2 fully saturated rings. The monoisotopic (exact) mass is 212 g/mol. The molecule has 2 aliphatic rings. The zero-order chi connectivity index (χ0) is 11.1. The van der Waals surface area contributed by atoms with Gasteiger partial charge in [-0.3, -0.25) is 4.90 Å². The van der Waals surface area contributed by atoms with E-state index in [1.807, 2.05) is 0 Å². The number of rotatable bonds is 2. The predicted molar refractivity (Wildman–Crippen MR) is 61.9 cm³/mol. The molecule has 1 aliphatic heterocycles. The van der Waals surface area contributed by atoms with E-state index in [0.29, 0.717) is 18.1 Å². The molecule has 0 aromatic heterocycles. The molecule has 1 unspecified atom stereocenters. The third kappa shape index (κ3) is 2.71. The first-order chi connectivity index (χ1) is 7.02. The van der Waals surface area contributed by atoms with Crippen LogP contribution in [0.3, 0.4) is 0 Å². The van der Waals surface area contributed by atoms with Crippen molar-refractivity contribution in [1.82, 2.24) is 9.80 Å². The van der Waals surface area contributed by atoms with Gasteiger partial charge in [-0.05, 0) is 25.3 Å². The Bertz CT molecular complexity index is 226. The minimum atomic E-state index is 0.303. The highest BCUT2D eigenvalue weighted by Gasteiger charge is 2.39. The molecule has 1 saturated carbocycles. The average molecular weight is 212 g/mol. The number of nitrogens with zero attached hydrogens (tertiary/aromatic N) is 2. The van der Waals surface area contributed by atoms with Gasteiger partial charge in [-0.1, -0.05) is 13.8 Å². The van der Waals surface area contributed by atoms with E-state index < -0.39 is 0 Å². The highest BCUT2D eigenvalue weighted by molar-refractivity contribution is 4.95. The van der Waals surface area contributed by atoms with Crippen LogP contribution < -0.4 is 0 Å². The molecule has 2 rings (SSSR count). The lowest BCUT2D eigenvalue weighted by atomic mass is 9.92. The summed E-state index contributed by atoms with van der Waals surface area (Å²) in [4.78, 5) is 4.91. The third-order valence-corrected chi connectivity index (χ3v) is 3.53. The van der Waals surface area contributed by atoms with Crippen molar-refractivity contribution in [2.75, 3.05) is 33.3 Å². The van der Waals surface area contributed by atoms with Gasteiger partial charge >= 0.3 is 0 Å². The van der Waals surface area contributed by atoms with Crippen LogP contribution in [0.4, 0.5) is 0 Å². The van der Waals surface area contributed by atoms with Crippen LogP contribution in [-0.4, -0.2) is 60.3 Å². The summed E-state index contributed by atoms with van der Waals surface area (Å²) in [5.74, 6) is 0. The second-order valence-electron chi connectivity index (χ2n) is 6.10. The fourth-order valence-electron chi connectivity index (χ4n) is 2.93. The lowest BCUT2D eigenvalue weighted by molar-refractivity contribution is 0.0973. The standard InChI is InChI=1S/C12H24N2O/c1-12(2)8-13(3)6-11(7-15)14(9-12)10-4-5-10/h10-11,15H,4-9H2,1-3H3. The molecule has 0 radical (unpaired) electrons. The van der Waals surface area contributed by atoms with Gasteiger partial charge in [0.1, 0.15) is 0 Å². The first-order valence-corrected chi connectivity index (χ1v) is 6.07. The van der Waals surface area contributed by atoms with E-state index in [4.69, 9.17) is 0 Å². The first kappa shape index (κ1) is 11.4. The molecule has 3 nitrogen and oxygen atoms in total. The van der Waals surface area contributed by atoms with Crippen LogP contribution in [0.5, 0.6) is 0 Å². The van der Waals surface area contributed by atoms with Gasteiger partial charge < -0.3 is 10.0 Å². The Labute approximate surface area is 93.1 Å². The molecule has 0 bridgehead atoms. The smallest absolute Gasteiger partial charge is 0.0599 e. The molecule has 1 atom stereocenters. The molecule has 1 N–H and O–H groups in total.